The van der Waals surface area contributed by atoms with E-state index in [0.717, 1.165) is 36.3 Å². The van der Waals surface area contributed by atoms with Crippen molar-refractivity contribution in [2.45, 2.75) is 31.9 Å². The van der Waals surface area contributed by atoms with Crippen LogP contribution in [0.1, 0.15) is 41.9 Å². The van der Waals surface area contributed by atoms with Gasteiger partial charge in [-0.15, -0.1) is 11.3 Å². The van der Waals surface area contributed by atoms with Crippen molar-refractivity contribution >= 4 is 22.9 Å². The predicted molar refractivity (Wildman–Crippen MR) is 95.7 cm³/mol. The molecule has 1 amide bonds. The molecule has 1 aliphatic rings. The van der Waals surface area contributed by atoms with Crippen molar-refractivity contribution in [2.75, 3.05) is 13.1 Å². The summed E-state index contributed by atoms with van der Waals surface area (Å²) in [6, 6.07) is 5.79. The Kier molecular flexibility index (Phi) is 4.63. The van der Waals surface area contributed by atoms with Crippen LogP contribution in [0.15, 0.2) is 29.6 Å². The number of amides is 1. The quantitative estimate of drug-likeness (QED) is 0.643. The summed E-state index contributed by atoms with van der Waals surface area (Å²) >= 11 is 1.31. The lowest BCUT2D eigenvalue weighted by Gasteiger charge is -2.18. The number of likely N-dealkylation sites (tertiary alicyclic amines) is 1. The molecule has 4 heterocycles. The second kappa shape index (κ2) is 6.95. The molecule has 1 saturated heterocycles. The van der Waals surface area contributed by atoms with Crippen LogP contribution in [0.5, 0.6) is 0 Å². The van der Waals surface area contributed by atoms with Gasteiger partial charge in [0.2, 0.25) is 0 Å². The summed E-state index contributed by atoms with van der Waals surface area (Å²) in [5, 5.41) is 5.73. The maximum absolute atomic E-state index is 13.6. The fourth-order valence-corrected chi connectivity index (χ4v) is 3.95. The molecule has 0 saturated carbocycles. The Balaban J connectivity index is 1.79. The first kappa shape index (κ1) is 18.0. The van der Waals surface area contributed by atoms with Gasteiger partial charge in [-0.2, -0.15) is 18.3 Å². The summed E-state index contributed by atoms with van der Waals surface area (Å²) in [4.78, 5) is 19.3. The Morgan fingerprint density at radius 3 is 2.48 bits per heavy atom. The van der Waals surface area contributed by atoms with Gasteiger partial charge in [0.05, 0.1) is 10.6 Å². The van der Waals surface area contributed by atoms with Gasteiger partial charge < -0.3 is 4.90 Å². The first-order valence-corrected chi connectivity index (χ1v) is 9.62. The van der Waals surface area contributed by atoms with Gasteiger partial charge in [0, 0.05) is 19.2 Å². The molecule has 0 spiro atoms. The van der Waals surface area contributed by atoms with Crippen LogP contribution < -0.4 is 0 Å². The van der Waals surface area contributed by atoms with Crippen molar-refractivity contribution in [3.8, 4) is 10.6 Å². The SMILES string of the molecule is O=C(c1cc2nc(-c3cccs3)cc(C(F)(F)F)n2n1)N1CCCCCC1. The summed E-state index contributed by atoms with van der Waals surface area (Å²) in [5.41, 5.74) is -0.700. The Morgan fingerprint density at radius 1 is 1.11 bits per heavy atom. The molecule has 142 valence electrons. The van der Waals surface area contributed by atoms with E-state index in [1.165, 1.54) is 17.4 Å². The minimum Gasteiger partial charge on any atom is -0.337 e. The van der Waals surface area contributed by atoms with Crippen LogP contribution in [-0.4, -0.2) is 38.5 Å². The molecular formula is C18H17F3N4OS. The van der Waals surface area contributed by atoms with Crippen LogP contribution >= 0.6 is 11.3 Å². The summed E-state index contributed by atoms with van der Waals surface area (Å²) < 4.78 is 41.5. The Bertz CT molecular complexity index is 957. The number of carbonyl (C=O) groups is 1. The van der Waals surface area contributed by atoms with Gasteiger partial charge in [0.1, 0.15) is 0 Å². The smallest absolute Gasteiger partial charge is 0.337 e. The van der Waals surface area contributed by atoms with E-state index >= 15 is 0 Å². The summed E-state index contributed by atoms with van der Waals surface area (Å²) in [6.45, 7) is 1.21. The largest absolute Gasteiger partial charge is 0.433 e. The fourth-order valence-electron chi connectivity index (χ4n) is 3.27. The van der Waals surface area contributed by atoms with E-state index in [9.17, 15) is 18.0 Å². The van der Waals surface area contributed by atoms with Crippen molar-refractivity contribution in [1.29, 1.82) is 0 Å². The molecule has 1 aliphatic heterocycles. The van der Waals surface area contributed by atoms with Gasteiger partial charge in [0.15, 0.2) is 17.0 Å². The number of thiophene rings is 1. The number of carbonyl (C=O) groups excluding carboxylic acids is 1. The number of hydrogen-bond donors (Lipinski definition) is 0. The standard InChI is InChI=1S/C18H17F3N4OS/c19-18(20,21)15-10-12(14-6-5-9-27-14)22-16-11-13(23-25(15)16)17(26)24-7-3-1-2-4-8-24/h5-6,9-11H,1-4,7-8H2. The number of fused-ring (bicyclic) bond motifs is 1. The number of alkyl halides is 3. The van der Waals surface area contributed by atoms with E-state index in [1.807, 2.05) is 0 Å². The van der Waals surface area contributed by atoms with Crippen molar-refractivity contribution in [2.24, 2.45) is 0 Å². The van der Waals surface area contributed by atoms with Gasteiger partial charge >= 0.3 is 6.18 Å². The lowest BCUT2D eigenvalue weighted by molar-refractivity contribution is -0.142. The third-order valence-electron chi connectivity index (χ3n) is 4.60. The van der Waals surface area contributed by atoms with Crippen molar-refractivity contribution in [3.63, 3.8) is 0 Å². The maximum atomic E-state index is 13.6. The van der Waals surface area contributed by atoms with E-state index in [4.69, 9.17) is 0 Å². The average Bonchev–Trinajstić information content (AvgIpc) is 3.23. The highest BCUT2D eigenvalue weighted by atomic mass is 32.1. The first-order valence-electron chi connectivity index (χ1n) is 8.75. The third-order valence-corrected chi connectivity index (χ3v) is 5.50. The molecule has 3 aromatic heterocycles. The lowest BCUT2D eigenvalue weighted by Crippen LogP contribution is -2.32. The van der Waals surface area contributed by atoms with Gasteiger partial charge in [-0.05, 0) is 30.4 Å². The highest BCUT2D eigenvalue weighted by Gasteiger charge is 2.36. The third kappa shape index (κ3) is 3.55. The Hall–Kier alpha value is -2.42. The highest BCUT2D eigenvalue weighted by Crippen LogP contribution is 2.33. The van der Waals surface area contributed by atoms with Gasteiger partial charge in [-0.1, -0.05) is 18.9 Å². The van der Waals surface area contributed by atoms with E-state index in [-0.39, 0.29) is 22.9 Å². The van der Waals surface area contributed by atoms with E-state index in [1.54, 1.807) is 22.4 Å². The molecule has 0 aliphatic carbocycles. The van der Waals surface area contributed by atoms with E-state index in [0.29, 0.717) is 18.0 Å². The van der Waals surface area contributed by atoms with Crippen LogP contribution in [0.25, 0.3) is 16.2 Å². The van der Waals surface area contributed by atoms with Gasteiger partial charge in [0.25, 0.3) is 5.91 Å². The molecule has 1 fully saturated rings. The molecule has 9 heteroatoms. The molecule has 27 heavy (non-hydrogen) atoms. The number of rotatable bonds is 2. The average molecular weight is 394 g/mol. The number of hydrogen-bond acceptors (Lipinski definition) is 4. The van der Waals surface area contributed by atoms with E-state index in [2.05, 4.69) is 10.1 Å². The van der Waals surface area contributed by atoms with Crippen molar-refractivity contribution in [3.05, 3.63) is 41.0 Å². The molecule has 0 bridgehead atoms. The molecule has 3 aromatic rings. The van der Waals surface area contributed by atoms with Crippen LogP contribution in [-0.2, 0) is 6.18 Å². The zero-order valence-corrected chi connectivity index (χ0v) is 15.2. The van der Waals surface area contributed by atoms with Gasteiger partial charge in [-0.25, -0.2) is 9.50 Å². The van der Waals surface area contributed by atoms with Crippen LogP contribution in [0, 0.1) is 0 Å². The molecule has 0 aromatic carbocycles. The van der Waals surface area contributed by atoms with E-state index < -0.39 is 11.9 Å². The first-order chi connectivity index (χ1) is 12.9. The Labute approximate surface area is 157 Å². The van der Waals surface area contributed by atoms with Crippen LogP contribution in [0.4, 0.5) is 13.2 Å². The monoisotopic (exact) mass is 394 g/mol. The minimum atomic E-state index is -4.61. The lowest BCUT2D eigenvalue weighted by atomic mass is 10.2. The highest BCUT2D eigenvalue weighted by molar-refractivity contribution is 7.13. The normalized spacial score (nSPS) is 15.9. The second-order valence-corrected chi connectivity index (χ2v) is 7.46. The molecule has 4 rings (SSSR count). The van der Waals surface area contributed by atoms with Crippen molar-refractivity contribution in [1.82, 2.24) is 19.5 Å². The van der Waals surface area contributed by atoms with Crippen LogP contribution in [0.2, 0.25) is 0 Å². The summed E-state index contributed by atoms with van der Waals surface area (Å²) in [7, 11) is 0. The number of nitrogens with zero attached hydrogens (tertiary/aromatic N) is 4. The molecular weight excluding hydrogens is 377 g/mol. The molecule has 0 atom stereocenters. The topological polar surface area (TPSA) is 50.5 Å². The summed E-state index contributed by atoms with van der Waals surface area (Å²) in [5.74, 6) is -0.340. The summed E-state index contributed by atoms with van der Waals surface area (Å²) in [6.07, 6.45) is -0.707. The molecule has 0 radical (unpaired) electrons. The molecule has 0 N–H and O–H groups in total. The number of aromatic nitrogens is 3. The van der Waals surface area contributed by atoms with Crippen molar-refractivity contribution < 1.29 is 18.0 Å². The molecule has 0 unspecified atom stereocenters. The fraction of sp³-hybridized carbons (Fsp3) is 0.389. The minimum absolute atomic E-state index is 0.00164. The number of halogens is 3. The van der Waals surface area contributed by atoms with Crippen LogP contribution in [0.3, 0.4) is 0 Å². The zero-order chi connectivity index (χ0) is 19.0. The van der Waals surface area contributed by atoms with Gasteiger partial charge in [-0.3, -0.25) is 4.79 Å². The predicted octanol–water partition coefficient (Wildman–Crippen LogP) is 4.49. The second-order valence-electron chi connectivity index (χ2n) is 6.51. The Morgan fingerprint density at radius 2 is 1.85 bits per heavy atom. The maximum Gasteiger partial charge on any atom is 0.433 e. The zero-order valence-electron chi connectivity index (χ0n) is 14.4. The molecule has 5 nitrogen and oxygen atoms in total.